The lowest BCUT2D eigenvalue weighted by molar-refractivity contribution is -0.187. The highest BCUT2D eigenvalue weighted by Gasteiger charge is 2.75. The van der Waals surface area contributed by atoms with Gasteiger partial charge in [0.2, 0.25) is 0 Å². The Balaban J connectivity index is 1.85. The second kappa shape index (κ2) is 5.70. The summed E-state index contributed by atoms with van der Waals surface area (Å²) in [7, 11) is 0. The first-order valence-electron chi connectivity index (χ1n) is 9.97. The van der Waals surface area contributed by atoms with E-state index in [2.05, 4.69) is 6.58 Å². The van der Waals surface area contributed by atoms with Crippen molar-refractivity contribution in [2.24, 2.45) is 22.7 Å². The summed E-state index contributed by atoms with van der Waals surface area (Å²) in [6.45, 7) is 6.41. The van der Waals surface area contributed by atoms with Crippen molar-refractivity contribution in [2.75, 3.05) is 6.61 Å². The minimum absolute atomic E-state index is 0.0280. The summed E-state index contributed by atoms with van der Waals surface area (Å²) in [5.41, 5.74) is -5.42. The molecule has 0 amide bonds. The number of ketones is 3. The van der Waals surface area contributed by atoms with Crippen LogP contribution in [0.2, 0.25) is 0 Å². The highest BCUT2D eigenvalue weighted by Crippen LogP contribution is 2.69. The highest BCUT2D eigenvalue weighted by molar-refractivity contribution is 5.98. The van der Waals surface area contributed by atoms with Crippen LogP contribution in [0.25, 0.3) is 0 Å². The average molecular weight is 390 g/mol. The largest absolute Gasteiger partial charge is 0.388 e. The molecule has 2 N–H and O–H groups in total. The number of allylic oxidation sites excluding steroid dienone is 1. The zero-order valence-electron chi connectivity index (χ0n) is 16.4. The molecule has 0 aliphatic heterocycles. The van der Waals surface area contributed by atoms with Crippen molar-refractivity contribution in [1.82, 2.24) is 0 Å². The first-order chi connectivity index (χ1) is 13.0. The quantitative estimate of drug-likeness (QED) is 0.706. The highest BCUT2D eigenvalue weighted by atomic mass is 19.1. The van der Waals surface area contributed by atoms with Crippen molar-refractivity contribution >= 4 is 17.3 Å². The Hall–Kier alpha value is -1.66. The molecule has 0 saturated heterocycles. The van der Waals surface area contributed by atoms with Crippen LogP contribution in [-0.4, -0.2) is 45.4 Å². The summed E-state index contributed by atoms with van der Waals surface area (Å²) in [5, 5.41) is 20.7. The lowest BCUT2D eigenvalue weighted by Gasteiger charge is -2.60. The Labute approximate surface area is 163 Å². The van der Waals surface area contributed by atoms with Gasteiger partial charge in [0, 0.05) is 29.6 Å². The molecule has 6 atom stereocenters. The molecule has 3 fully saturated rings. The third-order valence-corrected chi connectivity index (χ3v) is 8.54. The van der Waals surface area contributed by atoms with Crippen molar-refractivity contribution in [2.45, 2.75) is 63.6 Å². The van der Waals surface area contributed by atoms with Crippen molar-refractivity contribution in [3.8, 4) is 0 Å². The van der Waals surface area contributed by atoms with Crippen LogP contribution in [0.4, 0.5) is 4.39 Å². The van der Waals surface area contributed by atoms with Gasteiger partial charge < -0.3 is 10.2 Å². The third-order valence-electron chi connectivity index (χ3n) is 8.54. The van der Waals surface area contributed by atoms with Crippen molar-refractivity contribution in [3.05, 3.63) is 23.8 Å². The molecule has 0 bridgehead atoms. The van der Waals surface area contributed by atoms with Gasteiger partial charge in [-0.2, -0.15) is 0 Å². The Kier molecular flexibility index (Phi) is 4.00. The molecule has 4 rings (SSSR count). The van der Waals surface area contributed by atoms with E-state index >= 15 is 4.39 Å². The Morgan fingerprint density at radius 2 is 1.96 bits per heavy atom. The van der Waals surface area contributed by atoms with Crippen molar-refractivity contribution < 1.29 is 29.0 Å². The number of hydrogen-bond acceptors (Lipinski definition) is 5. The Bertz CT molecular complexity index is 846. The second-order valence-electron chi connectivity index (χ2n) is 9.55. The average Bonchev–Trinajstić information content (AvgIpc) is 2.84. The van der Waals surface area contributed by atoms with Crippen LogP contribution in [0.3, 0.4) is 0 Å². The summed E-state index contributed by atoms with van der Waals surface area (Å²) in [5.74, 6) is -2.52. The number of halogens is 1. The molecule has 6 heteroatoms. The van der Waals surface area contributed by atoms with E-state index in [0.717, 1.165) is 0 Å². The van der Waals surface area contributed by atoms with Gasteiger partial charge >= 0.3 is 0 Å². The van der Waals surface area contributed by atoms with Crippen LogP contribution < -0.4 is 0 Å². The van der Waals surface area contributed by atoms with E-state index in [1.807, 2.05) is 0 Å². The number of fused-ring (bicyclic) bond motifs is 5. The van der Waals surface area contributed by atoms with Crippen LogP contribution in [0.15, 0.2) is 23.8 Å². The van der Waals surface area contributed by atoms with Gasteiger partial charge in [0.1, 0.15) is 6.61 Å². The molecular formula is C22H27FO5. The number of rotatable bonds is 2. The van der Waals surface area contributed by atoms with Crippen LogP contribution in [0, 0.1) is 22.7 Å². The molecule has 3 saturated carbocycles. The normalized spacial score (nSPS) is 47.9. The summed E-state index contributed by atoms with van der Waals surface area (Å²) in [6.07, 6.45) is 2.89. The minimum atomic E-state index is -2.13. The van der Waals surface area contributed by atoms with Gasteiger partial charge in [0.05, 0.1) is 0 Å². The molecule has 28 heavy (non-hydrogen) atoms. The number of aliphatic hydroxyl groups is 2. The fourth-order valence-electron chi connectivity index (χ4n) is 6.88. The number of aliphatic hydroxyl groups excluding tert-OH is 1. The third kappa shape index (κ3) is 1.96. The molecular weight excluding hydrogens is 363 g/mol. The van der Waals surface area contributed by atoms with Crippen LogP contribution in [0.1, 0.15) is 52.4 Å². The fourth-order valence-corrected chi connectivity index (χ4v) is 6.88. The van der Waals surface area contributed by atoms with Crippen molar-refractivity contribution in [3.63, 3.8) is 0 Å². The van der Waals surface area contributed by atoms with Gasteiger partial charge in [-0.05, 0) is 43.3 Å². The predicted octanol–water partition coefficient (Wildman–Crippen LogP) is 2.25. The molecule has 0 spiro atoms. The van der Waals surface area contributed by atoms with E-state index < -0.39 is 52.1 Å². The van der Waals surface area contributed by atoms with Crippen LogP contribution in [0.5, 0.6) is 0 Å². The molecule has 4 aliphatic rings. The predicted molar refractivity (Wildman–Crippen MR) is 99.0 cm³/mol. The molecule has 0 aromatic heterocycles. The lowest BCUT2D eigenvalue weighted by Crippen LogP contribution is -2.68. The molecule has 0 radical (unpaired) electrons. The summed E-state index contributed by atoms with van der Waals surface area (Å²) < 4.78 is 16.8. The van der Waals surface area contributed by atoms with Gasteiger partial charge in [-0.25, -0.2) is 4.39 Å². The second-order valence-corrected chi connectivity index (χ2v) is 9.55. The number of hydrogen-bond donors (Lipinski definition) is 2. The monoisotopic (exact) mass is 390 g/mol. The zero-order chi connectivity index (χ0) is 20.7. The van der Waals surface area contributed by atoms with Gasteiger partial charge in [-0.1, -0.05) is 26.0 Å². The number of alkyl halides is 1. The van der Waals surface area contributed by atoms with Gasteiger partial charge in [-0.3, -0.25) is 14.4 Å². The van der Waals surface area contributed by atoms with E-state index in [4.69, 9.17) is 0 Å². The van der Waals surface area contributed by atoms with Gasteiger partial charge in [0.15, 0.2) is 28.6 Å². The maximum atomic E-state index is 16.8. The maximum absolute atomic E-state index is 16.8. The smallest absolute Gasteiger partial charge is 0.194 e. The zero-order valence-corrected chi connectivity index (χ0v) is 16.4. The molecule has 0 aromatic rings. The molecule has 152 valence electrons. The van der Waals surface area contributed by atoms with Gasteiger partial charge in [-0.15, -0.1) is 0 Å². The Morgan fingerprint density at radius 1 is 1.29 bits per heavy atom. The van der Waals surface area contributed by atoms with E-state index in [0.29, 0.717) is 24.8 Å². The summed E-state index contributed by atoms with van der Waals surface area (Å²) in [4.78, 5) is 37.7. The first kappa shape index (κ1) is 19.6. The van der Waals surface area contributed by atoms with E-state index in [1.165, 1.54) is 6.08 Å². The molecule has 0 heterocycles. The van der Waals surface area contributed by atoms with Crippen LogP contribution in [-0.2, 0) is 14.4 Å². The SMILES string of the molecule is C=C1C[C@H]2[C@@H]3CCC4=CC(=O)CC[C@]4(C)[C@@]3(F)C(=O)C[C@]2(C)[C@@]1(O)C(=O)CO. The summed E-state index contributed by atoms with van der Waals surface area (Å²) >= 11 is 0. The topological polar surface area (TPSA) is 91.7 Å². The summed E-state index contributed by atoms with van der Waals surface area (Å²) in [6, 6.07) is 0. The lowest BCUT2D eigenvalue weighted by atomic mass is 9.44. The molecule has 0 aromatic carbocycles. The number of carbonyl (C=O) groups excluding carboxylic acids is 3. The maximum Gasteiger partial charge on any atom is 0.194 e. The van der Waals surface area contributed by atoms with Gasteiger partial charge in [0.25, 0.3) is 0 Å². The molecule has 4 aliphatic carbocycles. The first-order valence-corrected chi connectivity index (χ1v) is 9.97. The minimum Gasteiger partial charge on any atom is -0.388 e. The van der Waals surface area contributed by atoms with E-state index in [1.54, 1.807) is 13.8 Å². The Morgan fingerprint density at radius 3 is 2.61 bits per heavy atom. The number of Topliss-reactive ketones (excluding diaryl/α,β-unsaturated/α-hetero) is 2. The van der Waals surface area contributed by atoms with E-state index in [-0.39, 0.29) is 30.6 Å². The fraction of sp³-hybridized carbons (Fsp3) is 0.682. The molecule has 5 nitrogen and oxygen atoms in total. The standard InChI is InChI=1S/C22H27FO5/c1-12-8-16-15-5-4-13-9-14(25)6-7-19(13,2)21(15,23)17(26)10-20(16,3)22(12,28)18(27)11-24/h9,15-16,24,28H,1,4-8,10-11H2,2-3H3/t15-,16-,19-,20-,21-,22-/m0/s1. The van der Waals surface area contributed by atoms with Crippen LogP contribution >= 0.6 is 0 Å². The molecule has 0 unspecified atom stereocenters. The van der Waals surface area contributed by atoms with E-state index in [9.17, 15) is 24.6 Å². The van der Waals surface area contributed by atoms with Crippen molar-refractivity contribution in [1.29, 1.82) is 0 Å². The number of carbonyl (C=O) groups is 3.